The third kappa shape index (κ3) is 5.11. The van der Waals surface area contributed by atoms with Crippen molar-refractivity contribution in [2.75, 3.05) is 5.32 Å². The van der Waals surface area contributed by atoms with E-state index in [2.05, 4.69) is 25.6 Å². The van der Waals surface area contributed by atoms with Gasteiger partial charge in [0.2, 0.25) is 0 Å². The normalized spacial score (nSPS) is 11.4. The summed E-state index contributed by atoms with van der Waals surface area (Å²) in [5.41, 5.74) is 0.180. The Balaban J connectivity index is 1.42. The third-order valence-corrected chi connectivity index (χ3v) is 4.35. The molecule has 0 aliphatic heterocycles. The first-order chi connectivity index (χ1) is 15.3. The fourth-order valence-electron chi connectivity index (χ4n) is 2.68. The van der Waals surface area contributed by atoms with E-state index < -0.39 is 17.8 Å². The van der Waals surface area contributed by atoms with Gasteiger partial charge >= 0.3 is 6.18 Å². The molecule has 0 unspecified atom stereocenters. The minimum absolute atomic E-state index is 0.000683. The van der Waals surface area contributed by atoms with E-state index in [-0.39, 0.29) is 23.1 Å². The van der Waals surface area contributed by atoms with Crippen LogP contribution in [0.2, 0.25) is 5.15 Å². The minimum atomic E-state index is -4.61. The molecule has 3 heterocycles. The van der Waals surface area contributed by atoms with Gasteiger partial charge in [-0.25, -0.2) is 14.6 Å². The van der Waals surface area contributed by atoms with Gasteiger partial charge in [0.15, 0.2) is 5.75 Å². The molecule has 0 bridgehead atoms. The second kappa shape index (κ2) is 8.79. The van der Waals surface area contributed by atoms with Crippen LogP contribution in [0.25, 0.3) is 5.69 Å². The van der Waals surface area contributed by atoms with Gasteiger partial charge in [-0.2, -0.15) is 17.6 Å². The van der Waals surface area contributed by atoms with E-state index in [1.807, 2.05) is 0 Å². The van der Waals surface area contributed by atoms with Gasteiger partial charge in [0, 0.05) is 11.9 Å². The Morgan fingerprint density at radius 3 is 2.59 bits per heavy atom. The number of pyridine rings is 2. The van der Waals surface area contributed by atoms with Crippen LogP contribution in [0.1, 0.15) is 11.4 Å². The first-order valence-electron chi connectivity index (χ1n) is 9.06. The zero-order valence-corrected chi connectivity index (χ0v) is 16.8. The molecule has 0 amide bonds. The van der Waals surface area contributed by atoms with Crippen molar-refractivity contribution in [2.24, 2.45) is 0 Å². The van der Waals surface area contributed by atoms with Crippen molar-refractivity contribution < 1.29 is 22.3 Å². The summed E-state index contributed by atoms with van der Waals surface area (Å²) in [6.45, 7) is 0.110. The summed E-state index contributed by atoms with van der Waals surface area (Å²) < 4.78 is 59.1. The first kappa shape index (κ1) is 21.5. The van der Waals surface area contributed by atoms with Crippen molar-refractivity contribution in [3.63, 3.8) is 0 Å². The summed E-state index contributed by atoms with van der Waals surface area (Å²) >= 11 is 5.68. The summed E-state index contributed by atoms with van der Waals surface area (Å²) in [6.07, 6.45) is -1.68. The fourth-order valence-corrected chi connectivity index (χ4v) is 2.89. The SMILES string of the molecule is Fc1ncccc1Oc1ccc(-n2cc(CNc3cc(Cl)nc(C(F)(F)F)c3)nn2)cc1. The van der Waals surface area contributed by atoms with Crippen LogP contribution >= 0.6 is 11.6 Å². The molecule has 0 atom stereocenters. The van der Waals surface area contributed by atoms with E-state index in [4.69, 9.17) is 16.3 Å². The van der Waals surface area contributed by atoms with Crippen LogP contribution in [-0.4, -0.2) is 25.0 Å². The average Bonchev–Trinajstić information content (AvgIpc) is 3.23. The number of anilines is 1. The van der Waals surface area contributed by atoms with Crippen molar-refractivity contribution in [3.05, 3.63) is 83.4 Å². The number of aromatic nitrogens is 5. The van der Waals surface area contributed by atoms with E-state index in [0.717, 1.165) is 6.07 Å². The number of hydrogen-bond acceptors (Lipinski definition) is 6. The zero-order valence-electron chi connectivity index (χ0n) is 16.0. The summed E-state index contributed by atoms with van der Waals surface area (Å²) in [5.74, 6) is -0.320. The van der Waals surface area contributed by atoms with E-state index in [1.54, 1.807) is 36.5 Å². The van der Waals surface area contributed by atoms with Crippen molar-refractivity contribution >= 4 is 17.3 Å². The quantitative estimate of drug-likeness (QED) is 0.309. The van der Waals surface area contributed by atoms with Crippen LogP contribution in [-0.2, 0) is 12.7 Å². The number of rotatable bonds is 6. The fraction of sp³-hybridized carbons (Fsp3) is 0.100. The van der Waals surface area contributed by atoms with Gasteiger partial charge in [0.1, 0.15) is 22.3 Å². The predicted octanol–water partition coefficient (Wildman–Crippen LogP) is 5.27. The van der Waals surface area contributed by atoms with Crippen LogP contribution < -0.4 is 10.1 Å². The topological polar surface area (TPSA) is 77.8 Å². The number of benzene rings is 1. The van der Waals surface area contributed by atoms with E-state index in [1.165, 1.54) is 23.0 Å². The van der Waals surface area contributed by atoms with E-state index in [0.29, 0.717) is 17.1 Å². The van der Waals surface area contributed by atoms with Crippen LogP contribution in [0.4, 0.5) is 23.2 Å². The van der Waals surface area contributed by atoms with Crippen molar-refractivity contribution in [1.29, 1.82) is 0 Å². The van der Waals surface area contributed by atoms with Gasteiger partial charge in [-0.05, 0) is 48.5 Å². The molecular formula is C20H13ClF4N6O. The second-order valence-corrected chi connectivity index (χ2v) is 6.85. The number of alkyl halides is 3. The second-order valence-electron chi connectivity index (χ2n) is 6.46. The maximum absolute atomic E-state index is 13.6. The van der Waals surface area contributed by atoms with Crippen molar-refractivity contribution in [1.82, 2.24) is 25.0 Å². The van der Waals surface area contributed by atoms with Crippen LogP contribution in [0.3, 0.4) is 0 Å². The molecular weight excluding hydrogens is 452 g/mol. The number of halogens is 5. The molecule has 0 radical (unpaired) electrons. The highest BCUT2D eigenvalue weighted by molar-refractivity contribution is 6.29. The monoisotopic (exact) mass is 464 g/mol. The Hall–Kier alpha value is -3.73. The van der Waals surface area contributed by atoms with Gasteiger partial charge in [0.05, 0.1) is 18.4 Å². The predicted molar refractivity (Wildman–Crippen MR) is 107 cm³/mol. The van der Waals surface area contributed by atoms with E-state index in [9.17, 15) is 17.6 Å². The van der Waals surface area contributed by atoms with Crippen LogP contribution in [0, 0.1) is 5.95 Å². The molecule has 0 spiro atoms. The molecule has 3 aromatic heterocycles. The Bertz CT molecular complexity index is 1230. The van der Waals surface area contributed by atoms with Gasteiger partial charge in [-0.15, -0.1) is 5.10 Å². The molecule has 1 aromatic carbocycles. The Morgan fingerprint density at radius 2 is 1.88 bits per heavy atom. The summed E-state index contributed by atoms with van der Waals surface area (Å²) in [4.78, 5) is 6.79. The lowest BCUT2D eigenvalue weighted by Crippen LogP contribution is -2.09. The molecule has 0 fully saturated rings. The molecule has 0 saturated heterocycles. The molecule has 7 nitrogen and oxygen atoms in total. The largest absolute Gasteiger partial charge is 0.453 e. The van der Waals surface area contributed by atoms with Gasteiger partial charge in [0.25, 0.3) is 5.95 Å². The maximum atomic E-state index is 13.6. The van der Waals surface area contributed by atoms with Crippen molar-refractivity contribution in [3.8, 4) is 17.2 Å². The minimum Gasteiger partial charge on any atom is -0.453 e. The lowest BCUT2D eigenvalue weighted by atomic mass is 10.3. The molecule has 0 aliphatic rings. The summed E-state index contributed by atoms with van der Waals surface area (Å²) in [7, 11) is 0. The molecule has 4 aromatic rings. The van der Waals surface area contributed by atoms with Gasteiger partial charge < -0.3 is 10.1 Å². The molecule has 0 aliphatic carbocycles. The number of nitrogens with one attached hydrogen (secondary N) is 1. The van der Waals surface area contributed by atoms with E-state index >= 15 is 0 Å². The van der Waals surface area contributed by atoms with Gasteiger partial charge in [-0.3, -0.25) is 0 Å². The molecule has 12 heteroatoms. The highest BCUT2D eigenvalue weighted by Crippen LogP contribution is 2.31. The zero-order chi connectivity index (χ0) is 22.7. The summed E-state index contributed by atoms with van der Waals surface area (Å²) in [6, 6.07) is 11.8. The smallest absolute Gasteiger partial charge is 0.433 e. The first-order valence-corrected chi connectivity index (χ1v) is 9.44. The number of ether oxygens (including phenoxy) is 1. The molecule has 0 saturated carbocycles. The Labute approximate surface area is 183 Å². The summed E-state index contributed by atoms with van der Waals surface area (Å²) in [5, 5.41) is 10.5. The van der Waals surface area contributed by atoms with Crippen LogP contribution in [0.15, 0.2) is 60.9 Å². The van der Waals surface area contributed by atoms with Crippen LogP contribution in [0.5, 0.6) is 11.5 Å². The number of nitrogens with zero attached hydrogens (tertiary/aromatic N) is 5. The Kier molecular flexibility index (Phi) is 5.91. The third-order valence-electron chi connectivity index (χ3n) is 4.15. The average molecular weight is 465 g/mol. The molecule has 32 heavy (non-hydrogen) atoms. The molecule has 1 N–H and O–H groups in total. The number of hydrogen-bond donors (Lipinski definition) is 1. The highest BCUT2D eigenvalue weighted by atomic mass is 35.5. The maximum Gasteiger partial charge on any atom is 0.433 e. The molecule has 164 valence electrons. The highest BCUT2D eigenvalue weighted by Gasteiger charge is 2.33. The molecule has 4 rings (SSSR count). The van der Waals surface area contributed by atoms with Gasteiger partial charge in [-0.1, -0.05) is 16.8 Å². The lowest BCUT2D eigenvalue weighted by Gasteiger charge is -2.10. The Morgan fingerprint density at radius 1 is 1.09 bits per heavy atom. The lowest BCUT2D eigenvalue weighted by molar-refractivity contribution is -0.141. The van der Waals surface area contributed by atoms with Crippen molar-refractivity contribution in [2.45, 2.75) is 12.7 Å². The standard InChI is InChI=1S/C20H13ClF4N6O/c21-18-9-12(8-17(28-18)20(23,24)25)27-10-13-11-31(30-29-13)14-3-5-15(6-4-14)32-16-2-1-7-26-19(16)22/h1-9,11H,10H2,(H,27,28).